The van der Waals surface area contributed by atoms with Crippen LogP contribution in [0.5, 0.6) is 5.75 Å². The third-order valence-electron chi connectivity index (χ3n) is 5.50. The highest BCUT2D eigenvalue weighted by molar-refractivity contribution is 5.68. The van der Waals surface area contributed by atoms with Crippen molar-refractivity contribution in [1.82, 2.24) is 9.80 Å². The highest BCUT2D eigenvalue weighted by Crippen LogP contribution is 2.32. The molecule has 0 saturated carbocycles. The van der Waals surface area contributed by atoms with Gasteiger partial charge in [0.2, 0.25) is 0 Å². The van der Waals surface area contributed by atoms with Gasteiger partial charge in [0.25, 0.3) is 0 Å². The van der Waals surface area contributed by atoms with Crippen molar-refractivity contribution >= 4 is 6.09 Å². The van der Waals surface area contributed by atoms with Crippen LogP contribution in [0.2, 0.25) is 0 Å². The smallest absolute Gasteiger partial charge is 0.410 e. The molecule has 0 spiro atoms. The lowest BCUT2D eigenvalue weighted by atomic mass is 9.85. The summed E-state index contributed by atoms with van der Waals surface area (Å²) in [5.41, 5.74) is 1.98. The van der Waals surface area contributed by atoms with Crippen molar-refractivity contribution in [1.29, 1.82) is 0 Å². The molecule has 2 rings (SSSR count). The summed E-state index contributed by atoms with van der Waals surface area (Å²) in [4.78, 5) is 16.0. The minimum absolute atomic E-state index is 0.0314. The minimum atomic E-state index is -1.37. The number of hydrogen-bond acceptors (Lipinski definition) is 4. The van der Waals surface area contributed by atoms with Gasteiger partial charge in [0.05, 0.1) is 6.61 Å². The zero-order valence-corrected chi connectivity index (χ0v) is 21.4. The molecule has 5 heteroatoms. The van der Waals surface area contributed by atoms with Gasteiger partial charge in [-0.15, -0.1) is 0 Å². The summed E-state index contributed by atoms with van der Waals surface area (Å²) in [6.45, 7) is 15.8. The second-order valence-corrected chi connectivity index (χ2v) is 10.9. The maximum Gasteiger partial charge on any atom is 0.410 e. The van der Waals surface area contributed by atoms with Gasteiger partial charge >= 0.3 is 6.09 Å². The number of carbonyl (C=O) groups is 1. The van der Waals surface area contributed by atoms with E-state index in [1.165, 1.54) is 11.1 Å². The van der Waals surface area contributed by atoms with Crippen molar-refractivity contribution in [3.63, 3.8) is 0 Å². The third kappa shape index (κ3) is 9.40. The van der Waals surface area contributed by atoms with Crippen LogP contribution in [0.15, 0.2) is 18.2 Å². The molecule has 5 nitrogen and oxygen atoms in total. The van der Waals surface area contributed by atoms with E-state index in [0.29, 0.717) is 39.2 Å². The van der Waals surface area contributed by atoms with E-state index in [-0.39, 0.29) is 11.5 Å². The van der Waals surface area contributed by atoms with Crippen LogP contribution in [0.3, 0.4) is 0 Å². The Kier molecular flexibility index (Phi) is 8.72. The Labute approximate surface area is 199 Å². The molecule has 0 radical (unpaired) electrons. The van der Waals surface area contributed by atoms with Gasteiger partial charge in [0, 0.05) is 22.4 Å². The summed E-state index contributed by atoms with van der Waals surface area (Å²) in [6.07, 6.45) is 3.56. The Morgan fingerprint density at radius 3 is 2.41 bits per heavy atom. The molecule has 182 valence electrons. The molecule has 0 bridgehead atoms. The molecule has 1 amide bonds. The predicted molar refractivity (Wildman–Crippen MR) is 133 cm³/mol. The highest BCUT2D eigenvalue weighted by atomic mass is 16.6. The lowest BCUT2D eigenvalue weighted by Crippen LogP contribution is -2.39. The summed E-state index contributed by atoms with van der Waals surface area (Å²) in [6, 6.07) is 6.35. The quantitative estimate of drug-likeness (QED) is 0.446. The van der Waals surface area contributed by atoms with Crippen molar-refractivity contribution < 1.29 is 17.0 Å². The van der Waals surface area contributed by atoms with Crippen LogP contribution in [-0.4, -0.2) is 60.8 Å². The molecule has 1 aromatic carbocycles. The van der Waals surface area contributed by atoms with Crippen molar-refractivity contribution in [2.45, 2.75) is 91.6 Å². The molecule has 0 unspecified atom stereocenters. The fourth-order valence-corrected chi connectivity index (χ4v) is 3.76. The molecule has 0 N–H and O–H groups in total. The number of ether oxygens (including phenoxy) is 2. The Morgan fingerprint density at radius 2 is 1.72 bits per heavy atom. The molecule has 1 heterocycles. The van der Waals surface area contributed by atoms with Crippen LogP contribution in [0, 0.1) is 6.92 Å². The Morgan fingerprint density at radius 1 is 1.00 bits per heavy atom. The first-order chi connectivity index (χ1) is 15.7. The first-order valence-corrected chi connectivity index (χ1v) is 12.2. The monoisotopic (exact) mass is 448 g/mol. The number of rotatable bonds is 8. The summed E-state index contributed by atoms with van der Waals surface area (Å²) < 4.78 is 28.8. The number of unbranched alkanes of at least 4 members (excludes halogenated alkanes) is 2. The zero-order chi connectivity index (χ0) is 25.6. The predicted octanol–water partition coefficient (Wildman–Crippen LogP) is 6.17. The lowest BCUT2D eigenvalue weighted by Gasteiger charge is -2.26. The van der Waals surface area contributed by atoms with E-state index in [1.54, 1.807) is 4.90 Å². The van der Waals surface area contributed by atoms with Crippen LogP contribution < -0.4 is 4.74 Å². The first kappa shape index (κ1) is 23.4. The molecular weight excluding hydrogens is 400 g/mol. The Bertz CT molecular complexity index is 800. The number of benzene rings is 1. The van der Waals surface area contributed by atoms with E-state index in [2.05, 4.69) is 45.9 Å². The average molecular weight is 449 g/mol. The van der Waals surface area contributed by atoms with E-state index in [0.717, 1.165) is 31.4 Å². The van der Waals surface area contributed by atoms with Crippen LogP contribution in [-0.2, 0) is 10.2 Å². The SMILES string of the molecule is [2H]C([2H])(CCCCCOc1ccc(C)cc1C(C)(C)C)N1CCCN(C(=O)OC(C)(C)C)CC1. The largest absolute Gasteiger partial charge is 0.493 e. The highest BCUT2D eigenvalue weighted by Gasteiger charge is 2.24. The van der Waals surface area contributed by atoms with Gasteiger partial charge in [0.1, 0.15) is 11.4 Å². The number of nitrogens with zero attached hydrogens (tertiary/aromatic N) is 2. The molecule has 0 atom stereocenters. The number of aryl methyl sites for hydroxylation is 1. The number of hydrogen-bond donors (Lipinski definition) is 0. The van der Waals surface area contributed by atoms with Crippen molar-refractivity contribution in [2.24, 2.45) is 0 Å². The average Bonchev–Trinajstić information content (AvgIpc) is 2.96. The van der Waals surface area contributed by atoms with Gasteiger partial charge in [-0.05, 0) is 77.0 Å². The molecule has 1 aromatic rings. The molecule has 0 aliphatic carbocycles. The van der Waals surface area contributed by atoms with Crippen LogP contribution in [0.1, 0.15) is 87.5 Å². The van der Waals surface area contributed by atoms with E-state index >= 15 is 0 Å². The topological polar surface area (TPSA) is 42.0 Å². The van der Waals surface area contributed by atoms with Gasteiger partial charge in [-0.1, -0.05) is 51.3 Å². The van der Waals surface area contributed by atoms with E-state index < -0.39 is 12.1 Å². The van der Waals surface area contributed by atoms with Crippen LogP contribution >= 0.6 is 0 Å². The molecule has 1 fully saturated rings. The second-order valence-electron chi connectivity index (χ2n) is 10.9. The fraction of sp³-hybridized carbons (Fsp3) is 0.741. The fourth-order valence-electron chi connectivity index (χ4n) is 3.76. The molecule has 1 saturated heterocycles. The van der Waals surface area contributed by atoms with Gasteiger partial charge in [-0.2, -0.15) is 0 Å². The lowest BCUT2D eigenvalue weighted by molar-refractivity contribution is 0.0257. The van der Waals surface area contributed by atoms with Crippen molar-refractivity contribution in [3.8, 4) is 5.75 Å². The molecule has 1 aliphatic heterocycles. The summed E-state index contributed by atoms with van der Waals surface area (Å²) >= 11 is 0. The minimum Gasteiger partial charge on any atom is -0.493 e. The second kappa shape index (κ2) is 11.9. The Balaban J connectivity index is 1.75. The van der Waals surface area contributed by atoms with Gasteiger partial charge in [-0.25, -0.2) is 4.79 Å². The zero-order valence-electron chi connectivity index (χ0n) is 23.4. The van der Waals surface area contributed by atoms with Crippen LogP contribution in [0.4, 0.5) is 4.79 Å². The van der Waals surface area contributed by atoms with E-state index in [9.17, 15) is 4.79 Å². The number of carbonyl (C=O) groups excluding carboxylic acids is 1. The maximum absolute atomic E-state index is 12.4. The van der Waals surface area contributed by atoms with Crippen molar-refractivity contribution in [2.75, 3.05) is 39.3 Å². The first-order valence-electron chi connectivity index (χ1n) is 13.2. The molecular formula is C27H46N2O3. The van der Waals surface area contributed by atoms with Gasteiger partial charge < -0.3 is 19.3 Å². The molecule has 1 aliphatic rings. The summed E-state index contributed by atoms with van der Waals surface area (Å²) in [5.74, 6) is 0.951. The molecule has 0 aromatic heterocycles. The van der Waals surface area contributed by atoms with Crippen LogP contribution in [0.25, 0.3) is 0 Å². The van der Waals surface area contributed by atoms with Crippen molar-refractivity contribution in [3.05, 3.63) is 29.3 Å². The summed E-state index contributed by atoms with van der Waals surface area (Å²) in [7, 11) is 0. The van der Waals surface area contributed by atoms with E-state index in [1.807, 2.05) is 25.7 Å². The molecule has 32 heavy (non-hydrogen) atoms. The number of amides is 1. The van der Waals surface area contributed by atoms with E-state index in [4.69, 9.17) is 12.2 Å². The standard InChI is InChI=1S/C27H46N2O3/c1-22-13-14-24(23(21-22)26(2,3)4)31-20-11-9-8-10-15-28-16-12-17-29(19-18-28)25(30)32-27(5,6)7/h13-14,21H,8-12,15-20H2,1-7H3/i15D2. The Hall–Kier alpha value is -1.75. The summed E-state index contributed by atoms with van der Waals surface area (Å²) in [5, 5.41) is 0. The van der Waals surface area contributed by atoms with Gasteiger partial charge in [-0.3, -0.25) is 0 Å². The van der Waals surface area contributed by atoms with Gasteiger partial charge in [0.15, 0.2) is 0 Å². The maximum atomic E-state index is 12.4. The normalized spacial score (nSPS) is 17.4. The third-order valence-corrected chi connectivity index (χ3v) is 5.50.